The first-order valence-corrected chi connectivity index (χ1v) is 9.72. The summed E-state index contributed by atoms with van der Waals surface area (Å²) in [6.07, 6.45) is 3.45. The van der Waals surface area contributed by atoms with Crippen LogP contribution >= 0.6 is 11.6 Å². The summed E-state index contributed by atoms with van der Waals surface area (Å²) in [7, 11) is 0. The zero-order valence-corrected chi connectivity index (χ0v) is 16.3. The van der Waals surface area contributed by atoms with Crippen molar-refractivity contribution in [2.45, 2.75) is 25.4 Å². The number of benzene rings is 2. The van der Waals surface area contributed by atoms with Gasteiger partial charge in [0.1, 0.15) is 11.6 Å². The Morgan fingerprint density at radius 1 is 1.14 bits per heavy atom. The van der Waals surface area contributed by atoms with E-state index in [1.54, 1.807) is 24.3 Å². The van der Waals surface area contributed by atoms with Crippen LogP contribution in [0.1, 0.15) is 18.4 Å². The average molecular weight is 395 g/mol. The third-order valence-electron chi connectivity index (χ3n) is 4.79. The maximum Gasteiger partial charge on any atom is 0.267 e. The van der Waals surface area contributed by atoms with Gasteiger partial charge in [0.2, 0.25) is 0 Å². The molecule has 0 aliphatic carbocycles. The van der Waals surface area contributed by atoms with Crippen LogP contribution in [-0.4, -0.2) is 29.9 Å². The Hall–Kier alpha value is -2.81. The maximum absolute atomic E-state index is 12.3. The number of nitrogens with zero attached hydrogens (tertiary/aromatic N) is 2. The zero-order chi connectivity index (χ0) is 19.8. The third-order valence-corrected chi connectivity index (χ3v) is 5.12. The second-order valence-corrected chi connectivity index (χ2v) is 7.21. The van der Waals surface area contributed by atoms with Gasteiger partial charge in [-0.15, -0.1) is 0 Å². The van der Waals surface area contributed by atoms with Crippen LogP contribution in [-0.2, 0) is 11.3 Å². The van der Waals surface area contributed by atoms with Crippen molar-refractivity contribution in [1.82, 2.24) is 10.2 Å². The van der Waals surface area contributed by atoms with Gasteiger partial charge in [-0.1, -0.05) is 54.1 Å². The van der Waals surface area contributed by atoms with Gasteiger partial charge in [0.05, 0.1) is 10.7 Å². The first kappa shape index (κ1) is 19.9. The highest BCUT2D eigenvalue weighted by Crippen LogP contribution is 2.21. The average Bonchev–Trinajstić information content (AvgIpc) is 2.72. The number of nitrogens with one attached hydrogen (secondary N) is 2. The molecule has 0 bridgehead atoms. The van der Waals surface area contributed by atoms with E-state index in [-0.39, 0.29) is 11.6 Å². The van der Waals surface area contributed by atoms with Gasteiger partial charge < -0.3 is 10.6 Å². The zero-order valence-electron chi connectivity index (χ0n) is 15.6. The molecule has 144 valence electrons. The molecule has 0 atom stereocenters. The number of hydrogen-bond donors (Lipinski definition) is 2. The minimum Gasteiger partial charge on any atom is -0.387 e. The van der Waals surface area contributed by atoms with E-state index in [2.05, 4.69) is 39.8 Å². The normalized spacial score (nSPS) is 15.6. The predicted octanol–water partition coefficient (Wildman–Crippen LogP) is 3.94. The highest BCUT2D eigenvalue weighted by molar-refractivity contribution is 6.33. The number of para-hydroxylation sites is 1. The van der Waals surface area contributed by atoms with Gasteiger partial charge in [-0.2, -0.15) is 5.26 Å². The molecule has 1 aliphatic heterocycles. The van der Waals surface area contributed by atoms with Crippen molar-refractivity contribution in [2.24, 2.45) is 0 Å². The second-order valence-electron chi connectivity index (χ2n) is 6.81. The quantitative estimate of drug-likeness (QED) is 0.575. The molecule has 1 amide bonds. The Kier molecular flexibility index (Phi) is 7.07. The summed E-state index contributed by atoms with van der Waals surface area (Å²) >= 11 is 6.05. The minimum atomic E-state index is -0.468. The van der Waals surface area contributed by atoms with Gasteiger partial charge in [-0.3, -0.25) is 9.69 Å². The first-order valence-electron chi connectivity index (χ1n) is 9.34. The summed E-state index contributed by atoms with van der Waals surface area (Å²) in [6.45, 7) is 2.91. The van der Waals surface area contributed by atoms with Crippen molar-refractivity contribution in [3.63, 3.8) is 0 Å². The van der Waals surface area contributed by atoms with Crippen LogP contribution < -0.4 is 10.6 Å². The molecule has 0 saturated carbocycles. The van der Waals surface area contributed by atoms with Crippen LogP contribution in [0.2, 0.25) is 5.02 Å². The van der Waals surface area contributed by atoms with E-state index in [4.69, 9.17) is 11.6 Å². The monoisotopic (exact) mass is 394 g/mol. The number of hydrogen-bond acceptors (Lipinski definition) is 4. The molecule has 3 rings (SSSR count). The van der Waals surface area contributed by atoms with E-state index in [1.807, 2.05) is 12.1 Å². The summed E-state index contributed by atoms with van der Waals surface area (Å²) in [5.41, 5.74) is 1.84. The van der Waals surface area contributed by atoms with E-state index in [1.165, 1.54) is 11.8 Å². The molecule has 1 aliphatic rings. The summed E-state index contributed by atoms with van der Waals surface area (Å²) in [6, 6.07) is 19.6. The van der Waals surface area contributed by atoms with Gasteiger partial charge >= 0.3 is 0 Å². The van der Waals surface area contributed by atoms with Crippen LogP contribution in [0.25, 0.3) is 0 Å². The fraction of sp³-hybridized carbons (Fsp3) is 0.273. The molecule has 0 aromatic heterocycles. The lowest BCUT2D eigenvalue weighted by Crippen LogP contribution is -2.40. The number of piperidine rings is 1. The molecule has 5 nitrogen and oxygen atoms in total. The van der Waals surface area contributed by atoms with Crippen LogP contribution in [0.15, 0.2) is 66.4 Å². The molecule has 2 aromatic rings. The molecule has 2 aromatic carbocycles. The molecular weight excluding hydrogens is 372 g/mol. The molecule has 0 radical (unpaired) electrons. The maximum atomic E-state index is 12.3. The fourth-order valence-electron chi connectivity index (χ4n) is 3.20. The van der Waals surface area contributed by atoms with Crippen molar-refractivity contribution in [3.05, 3.63) is 77.0 Å². The number of likely N-dealkylation sites (tertiary alicyclic amines) is 1. The molecule has 0 unspecified atom stereocenters. The fourth-order valence-corrected chi connectivity index (χ4v) is 3.38. The number of amides is 1. The molecule has 1 saturated heterocycles. The van der Waals surface area contributed by atoms with Gasteiger partial charge in [0.15, 0.2) is 0 Å². The van der Waals surface area contributed by atoms with E-state index in [0.29, 0.717) is 10.7 Å². The van der Waals surface area contributed by atoms with Crippen molar-refractivity contribution in [2.75, 3.05) is 18.4 Å². The summed E-state index contributed by atoms with van der Waals surface area (Å²) in [4.78, 5) is 14.7. The lowest BCUT2D eigenvalue weighted by atomic mass is 10.0. The van der Waals surface area contributed by atoms with Crippen molar-refractivity contribution in [3.8, 4) is 6.07 Å². The summed E-state index contributed by atoms with van der Waals surface area (Å²) in [5, 5.41) is 15.7. The molecular formula is C22H23ClN4O. The summed E-state index contributed by atoms with van der Waals surface area (Å²) in [5.74, 6) is -0.468. The molecule has 28 heavy (non-hydrogen) atoms. The van der Waals surface area contributed by atoms with E-state index in [0.717, 1.165) is 32.5 Å². The van der Waals surface area contributed by atoms with Gasteiger partial charge in [0.25, 0.3) is 5.91 Å². The highest BCUT2D eigenvalue weighted by atomic mass is 35.5. The molecule has 0 spiro atoms. The standard InChI is InChI=1S/C22H23ClN4O/c23-20-8-4-5-9-21(20)26-22(28)18(14-24)15-25-19-10-12-27(13-11-19)16-17-6-2-1-3-7-17/h1-9,15,19,25H,10-13,16H2,(H,26,28)/b18-15-. The number of anilines is 1. The van der Waals surface area contributed by atoms with Crippen LogP contribution in [0.3, 0.4) is 0 Å². The topological polar surface area (TPSA) is 68.2 Å². The molecule has 2 N–H and O–H groups in total. The number of carbonyl (C=O) groups excluding carboxylic acids is 1. The van der Waals surface area contributed by atoms with Crippen LogP contribution in [0, 0.1) is 11.3 Å². The Labute approximate surface area is 170 Å². The smallest absolute Gasteiger partial charge is 0.267 e. The van der Waals surface area contributed by atoms with Crippen molar-refractivity contribution >= 4 is 23.2 Å². The first-order chi connectivity index (χ1) is 13.7. The lowest BCUT2D eigenvalue weighted by molar-refractivity contribution is -0.112. The van der Waals surface area contributed by atoms with Crippen LogP contribution in [0.5, 0.6) is 0 Å². The molecule has 6 heteroatoms. The van der Waals surface area contributed by atoms with E-state index in [9.17, 15) is 10.1 Å². The van der Waals surface area contributed by atoms with Crippen molar-refractivity contribution in [1.29, 1.82) is 5.26 Å². The number of carbonyl (C=O) groups is 1. The highest BCUT2D eigenvalue weighted by Gasteiger charge is 2.19. The molecule has 1 heterocycles. The number of nitriles is 1. The van der Waals surface area contributed by atoms with Gasteiger partial charge in [0, 0.05) is 31.9 Å². The SMILES string of the molecule is N#C/C(=C/NC1CCN(Cc2ccccc2)CC1)C(=O)Nc1ccccc1Cl. The van der Waals surface area contributed by atoms with E-state index >= 15 is 0 Å². The molecule has 1 fully saturated rings. The van der Waals surface area contributed by atoms with Crippen LogP contribution in [0.4, 0.5) is 5.69 Å². The Bertz CT molecular complexity index is 868. The largest absolute Gasteiger partial charge is 0.387 e. The Morgan fingerprint density at radius 2 is 1.82 bits per heavy atom. The number of rotatable bonds is 6. The Balaban J connectivity index is 1.49. The predicted molar refractivity (Wildman–Crippen MR) is 112 cm³/mol. The third kappa shape index (κ3) is 5.59. The van der Waals surface area contributed by atoms with Crippen molar-refractivity contribution < 1.29 is 4.79 Å². The Morgan fingerprint density at radius 3 is 2.50 bits per heavy atom. The second kappa shape index (κ2) is 9.93. The number of halogens is 1. The lowest BCUT2D eigenvalue weighted by Gasteiger charge is -2.32. The van der Waals surface area contributed by atoms with Gasteiger partial charge in [-0.25, -0.2) is 0 Å². The minimum absolute atomic E-state index is 0.0339. The summed E-state index contributed by atoms with van der Waals surface area (Å²) < 4.78 is 0. The van der Waals surface area contributed by atoms with Gasteiger partial charge in [-0.05, 0) is 30.5 Å². The van der Waals surface area contributed by atoms with E-state index < -0.39 is 5.91 Å².